The Labute approximate surface area is 206 Å². The summed E-state index contributed by atoms with van der Waals surface area (Å²) in [6.07, 6.45) is 2.12. The van der Waals surface area contributed by atoms with E-state index in [9.17, 15) is 19.8 Å². The molecule has 8 atom stereocenters. The van der Waals surface area contributed by atoms with Gasteiger partial charge in [-0.2, -0.15) is 0 Å². The molecule has 0 bridgehead atoms. The fraction of sp³-hybridized carbons (Fsp3) is 0.731. The van der Waals surface area contributed by atoms with Crippen molar-refractivity contribution in [1.82, 2.24) is 4.98 Å². The van der Waals surface area contributed by atoms with Gasteiger partial charge >= 0.3 is 5.97 Å². The number of hydrogen-bond acceptors (Lipinski definition) is 8. The van der Waals surface area contributed by atoms with Crippen LogP contribution in [0.3, 0.4) is 0 Å². The number of aromatic nitrogens is 1. The molecule has 2 fully saturated rings. The number of Topliss-reactive ketones (excluding diaryl/α,β-unsaturated/α-hetero) is 1. The van der Waals surface area contributed by atoms with Crippen molar-refractivity contribution in [3.63, 3.8) is 0 Å². The van der Waals surface area contributed by atoms with Gasteiger partial charge in [0.2, 0.25) is 0 Å². The molecule has 2 saturated heterocycles. The minimum absolute atomic E-state index is 0.0386. The van der Waals surface area contributed by atoms with Gasteiger partial charge in [-0.15, -0.1) is 11.3 Å². The van der Waals surface area contributed by atoms with E-state index in [1.54, 1.807) is 25.2 Å². The minimum Gasteiger partial charge on any atom is -0.458 e. The van der Waals surface area contributed by atoms with Crippen LogP contribution in [0, 0.1) is 24.7 Å². The Morgan fingerprint density at radius 1 is 1.24 bits per heavy atom. The maximum Gasteiger partial charge on any atom is 0.309 e. The summed E-state index contributed by atoms with van der Waals surface area (Å²) in [5, 5.41) is 24.2. The monoisotopic (exact) mass is 493 g/mol. The van der Waals surface area contributed by atoms with Crippen LogP contribution in [0.25, 0.3) is 6.08 Å². The van der Waals surface area contributed by atoms with E-state index in [4.69, 9.17) is 9.47 Å². The largest absolute Gasteiger partial charge is 0.458 e. The van der Waals surface area contributed by atoms with Crippen LogP contribution in [0.5, 0.6) is 0 Å². The van der Waals surface area contributed by atoms with Crippen molar-refractivity contribution in [2.75, 3.05) is 0 Å². The highest BCUT2D eigenvalue weighted by Crippen LogP contribution is 2.45. The number of carbonyl (C=O) groups excluding carboxylic acids is 2. The summed E-state index contributed by atoms with van der Waals surface area (Å²) in [5.41, 5.74) is 1.39. The predicted molar refractivity (Wildman–Crippen MR) is 131 cm³/mol. The van der Waals surface area contributed by atoms with E-state index in [0.29, 0.717) is 6.42 Å². The maximum atomic E-state index is 12.9. The molecule has 2 N–H and O–H groups in total. The summed E-state index contributed by atoms with van der Waals surface area (Å²) >= 11 is 1.56. The fourth-order valence-electron chi connectivity index (χ4n) is 4.87. The smallest absolute Gasteiger partial charge is 0.309 e. The van der Waals surface area contributed by atoms with Crippen LogP contribution in [-0.4, -0.2) is 57.0 Å². The zero-order valence-electron chi connectivity index (χ0n) is 21.1. The van der Waals surface area contributed by atoms with Gasteiger partial charge < -0.3 is 19.7 Å². The number of ketones is 1. The van der Waals surface area contributed by atoms with Crippen LogP contribution in [0.1, 0.15) is 77.4 Å². The molecule has 0 unspecified atom stereocenters. The lowest BCUT2D eigenvalue weighted by Gasteiger charge is -2.28. The van der Waals surface area contributed by atoms with Crippen LogP contribution in [0.2, 0.25) is 0 Å². The van der Waals surface area contributed by atoms with Gasteiger partial charge in [0.05, 0.1) is 41.0 Å². The Bertz CT molecular complexity index is 913. The SMILES string of the molecule is CC(=Cc1csc(C)n1)[C@@H]1C[C@@H]2O[C@]2(C)CCC[C@H](C)[C@H](O)[C@@H](C)C(=O)[C@@H](C)[C@@H](O)CC(=O)O1. The first-order valence-corrected chi connectivity index (χ1v) is 13.2. The highest BCUT2D eigenvalue weighted by atomic mass is 32.1. The Morgan fingerprint density at radius 2 is 1.94 bits per heavy atom. The molecule has 7 nitrogen and oxygen atoms in total. The molecule has 1 aromatic rings. The Balaban J connectivity index is 1.81. The molecular weight excluding hydrogens is 454 g/mol. The topological polar surface area (TPSA) is 109 Å². The highest BCUT2D eigenvalue weighted by Gasteiger charge is 2.52. The average molecular weight is 494 g/mol. The number of nitrogens with zero attached hydrogens (tertiary/aromatic N) is 1. The van der Waals surface area contributed by atoms with Gasteiger partial charge in [0, 0.05) is 23.6 Å². The van der Waals surface area contributed by atoms with E-state index in [0.717, 1.165) is 35.5 Å². The third kappa shape index (κ3) is 6.53. The van der Waals surface area contributed by atoms with Gasteiger partial charge in [-0.05, 0) is 51.2 Å². The van der Waals surface area contributed by atoms with Gasteiger partial charge in [-0.1, -0.05) is 27.2 Å². The van der Waals surface area contributed by atoms with E-state index in [1.165, 1.54) is 0 Å². The zero-order valence-corrected chi connectivity index (χ0v) is 21.9. The van der Waals surface area contributed by atoms with Gasteiger partial charge in [-0.25, -0.2) is 4.98 Å². The number of carbonyl (C=O) groups is 2. The summed E-state index contributed by atoms with van der Waals surface area (Å²) in [5.74, 6) is -2.25. The molecule has 0 radical (unpaired) electrons. The number of fused-ring (bicyclic) bond motifs is 1. The molecule has 0 spiro atoms. The summed E-state index contributed by atoms with van der Waals surface area (Å²) in [6, 6.07) is 0. The number of aryl methyl sites for hydroxylation is 1. The van der Waals surface area contributed by atoms with Gasteiger partial charge in [0.25, 0.3) is 0 Å². The number of epoxide rings is 1. The molecule has 0 amide bonds. The minimum atomic E-state index is -1.17. The molecule has 1 aromatic heterocycles. The number of ether oxygens (including phenoxy) is 2. The lowest BCUT2D eigenvalue weighted by molar-refractivity contribution is -0.151. The van der Waals surface area contributed by atoms with Crippen molar-refractivity contribution < 1.29 is 29.3 Å². The normalized spacial score (nSPS) is 38.8. The quantitative estimate of drug-likeness (QED) is 0.472. The van der Waals surface area contributed by atoms with Crippen molar-refractivity contribution in [3.05, 3.63) is 21.7 Å². The van der Waals surface area contributed by atoms with E-state index < -0.39 is 36.1 Å². The highest BCUT2D eigenvalue weighted by molar-refractivity contribution is 7.09. The third-order valence-electron chi connectivity index (χ3n) is 7.54. The molecule has 0 aliphatic carbocycles. The standard InChI is InChI=1S/C26H39NO6S/c1-14-8-7-9-26(6)22(33-26)12-21(15(2)10-19-13-34-18(5)27-19)32-23(29)11-20(28)16(3)25(31)17(4)24(14)30/h10,13-14,16-17,20-22,24,28,30H,7-9,11-12H2,1-6H3/t14-,16-,17+,20-,21-,22-,24-,26+/m0/s1. The molecule has 8 heteroatoms. The van der Waals surface area contributed by atoms with Gasteiger partial charge in [0.15, 0.2) is 0 Å². The van der Waals surface area contributed by atoms with Crippen molar-refractivity contribution in [1.29, 1.82) is 0 Å². The van der Waals surface area contributed by atoms with Crippen molar-refractivity contribution in [3.8, 4) is 0 Å². The Kier molecular flexibility index (Phi) is 8.71. The molecule has 190 valence electrons. The molecular formula is C26H39NO6S. The van der Waals surface area contributed by atoms with E-state index in [-0.39, 0.29) is 29.8 Å². The van der Waals surface area contributed by atoms with E-state index in [2.05, 4.69) is 11.9 Å². The first-order valence-electron chi connectivity index (χ1n) is 12.3. The van der Waals surface area contributed by atoms with Gasteiger partial charge in [0.1, 0.15) is 11.9 Å². The maximum absolute atomic E-state index is 12.9. The number of aliphatic hydroxyl groups excluding tert-OH is 2. The first kappa shape index (κ1) is 27.0. The number of cyclic esters (lactones) is 1. The predicted octanol–water partition coefficient (Wildman–Crippen LogP) is 4.09. The molecule has 2 aliphatic heterocycles. The van der Waals surface area contributed by atoms with E-state index in [1.807, 2.05) is 32.2 Å². The van der Waals surface area contributed by atoms with Crippen LogP contribution < -0.4 is 0 Å². The van der Waals surface area contributed by atoms with Crippen molar-refractivity contribution in [2.24, 2.45) is 17.8 Å². The molecule has 3 heterocycles. The van der Waals surface area contributed by atoms with E-state index >= 15 is 0 Å². The molecule has 3 rings (SSSR count). The van der Waals surface area contributed by atoms with Crippen LogP contribution in [0.4, 0.5) is 0 Å². The summed E-state index contributed by atoms with van der Waals surface area (Å²) < 4.78 is 11.9. The Hall–Kier alpha value is -1.61. The number of aliphatic hydroxyl groups is 2. The lowest BCUT2D eigenvalue weighted by atomic mass is 9.81. The number of rotatable bonds is 2. The fourth-order valence-corrected chi connectivity index (χ4v) is 5.44. The molecule has 34 heavy (non-hydrogen) atoms. The number of thiazole rings is 1. The second kappa shape index (κ2) is 11.0. The van der Waals surface area contributed by atoms with Crippen molar-refractivity contribution >= 4 is 29.2 Å². The average Bonchev–Trinajstić information content (AvgIpc) is 3.22. The molecule has 2 aliphatic rings. The molecule has 0 aromatic carbocycles. The summed E-state index contributed by atoms with van der Waals surface area (Å²) in [4.78, 5) is 30.2. The number of hydrogen-bond donors (Lipinski definition) is 2. The van der Waals surface area contributed by atoms with Crippen molar-refractivity contribution in [2.45, 2.75) is 104 Å². The van der Waals surface area contributed by atoms with Crippen LogP contribution >= 0.6 is 11.3 Å². The third-order valence-corrected chi connectivity index (χ3v) is 8.33. The summed E-state index contributed by atoms with van der Waals surface area (Å²) in [6.45, 7) is 11.2. The second-order valence-electron chi connectivity index (χ2n) is 10.4. The van der Waals surface area contributed by atoms with Crippen LogP contribution in [-0.2, 0) is 19.1 Å². The first-order chi connectivity index (χ1) is 15.9. The van der Waals surface area contributed by atoms with Gasteiger partial charge in [-0.3, -0.25) is 9.59 Å². The summed E-state index contributed by atoms with van der Waals surface area (Å²) in [7, 11) is 0. The Morgan fingerprint density at radius 3 is 2.59 bits per heavy atom. The molecule has 0 saturated carbocycles. The van der Waals surface area contributed by atoms with Crippen LogP contribution in [0.15, 0.2) is 11.0 Å². The zero-order chi connectivity index (χ0) is 25.2. The number of esters is 1. The second-order valence-corrected chi connectivity index (χ2v) is 11.5. The lowest BCUT2D eigenvalue weighted by Crippen LogP contribution is -2.39.